The van der Waals surface area contributed by atoms with Crippen molar-refractivity contribution in [2.45, 2.75) is 26.2 Å². The van der Waals surface area contributed by atoms with Crippen LogP contribution < -0.4 is 0 Å². The van der Waals surface area contributed by atoms with Gasteiger partial charge in [0.05, 0.1) is 0 Å². The second-order valence-corrected chi connectivity index (χ2v) is 12.7. The Balaban J connectivity index is 1.25. The fraction of sp³-hybridized carbons (Fsp3) is 0.121. The van der Waals surface area contributed by atoms with Gasteiger partial charge in [0.15, 0.2) is 5.58 Å². The van der Waals surface area contributed by atoms with E-state index in [1.165, 1.54) is 5.56 Å². The van der Waals surface area contributed by atoms with Gasteiger partial charge in [-0.3, -0.25) is 0 Å². The molecule has 0 atom stereocenters. The second kappa shape index (κ2) is 9.39. The molecule has 7 heteroatoms. The molecule has 0 aliphatic heterocycles. The molecule has 7 aromatic rings. The second-order valence-electron chi connectivity index (χ2n) is 10.9. The van der Waals surface area contributed by atoms with Gasteiger partial charge in [-0.1, -0.05) is 76.9 Å². The Labute approximate surface area is 247 Å². The van der Waals surface area contributed by atoms with Gasteiger partial charge in [0.25, 0.3) is 0 Å². The lowest BCUT2D eigenvalue weighted by molar-refractivity contribution is 0.582. The number of nitrogens with zero attached hydrogens (tertiary/aromatic N) is 3. The number of hydrogen-bond acceptors (Lipinski definition) is 5. The first kappa shape index (κ1) is 25.2. The lowest BCUT2D eigenvalue weighted by Crippen LogP contribution is -2.10. The summed E-state index contributed by atoms with van der Waals surface area (Å²) in [4.78, 5) is 4.95. The highest BCUT2D eigenvalue weighted by Crippen LogP contribution is 2.39. The quantitative estimate of drug-likeness (QED) is 0.178. The fourth-order valence-electron chi connectivity index (χ4n) is 5.02. The number of fused-ring (bicyclic) bond motifs is 6. The summed E-state index contributed by atoms with van der Waals surface area (Å²) in [6, 6.07) is 28.6. The van der Waals surface area contributed by atoms with E-state index >= 15 is 0 Å². The van der Waals surface area contributed by atoms with Crippen molar-refractivity contribution in [3.05, 3.63) is 99.4 Å². The van der Waals surface area contributed by atoms with Gasteiger partial charge in [0.2, 0.25) is 17.7 Å². The van der Waals surface area contributed by atoms with Gasteiger partial charge >= 0.3 is 0 Å². The molecule has 0 radical (unpaired) electrons. The van der Waals surface area contributed by atoms with Crippen LogP contribution in [0.2, 0.25) is 0 Å². The molecular weight excluding hydrogens is 630 g/mol. The minimum Gasteiger partial charge on any atom is -0.435 e. The molecule has 7 rings (SSSR count). The van der Waals surface area contributed by atoms with Crippen LogP contribution in [0.4, 0.5) is 0 Å². The molecule has 40 heavy (non-hydrogen) atoms. The first-order valence-corrected chi connectivity index (χ1v) is 14.5. The van der Waals surface area contributed by atoms with E-state index in [1.807, 2.05) is 36.4 Å². The predicted octanol–water partition coefficient (Wildman–Crippen LogP) is 10.3. The molecule has 0 aliphatic rings. The third-order valence-electron chi connectivity index (χ3n) is 7.18. The summed E-state index contributed by atoms with van der Waals surface area (Å²) in [5.74, 6) is 1.51. The first-order valence-electron chi connectivity index (χ1n) is 12.9. The summed E-state index contributed by atoms with van der Waals surface area (Å²) in [6.45, 7) is 6.58. The zero-order chi connectivity index (χ0) is 27.6. The normalized spacial score (nSPS) is 12.1. The van der Waals surface area contributed by atoms with Crippen molar-refractivity contribution in [3.8, 4) is 34.4 Å². The molecule has 196 valence electrons. The van der Waals surface area contributed by atoms with Crippen LogP contribution in [-0.4, -0.2) is 15.2 Å². The summed E-state index contributed by atoms with van der Waals surface area (Å²) in [7, 11) is 0. The SMILES string of the molecule is CC(C)(C)c1ccc(-c2nnc(-c3ccc(-c4nc5c6cc(Br)ccc6c6ccc(Br)cc6c5o4)cc3)o2)cc1. The van der Waals surface area contributed by atoms with Gasteiger partial charge in [0.1, 0.15) is 5.52 Å². The van der Waals surface area contributed by atoms with Crippen molar-refractivity contribution < 1.29 is 8.83 Å². The third kappa shape index (κ3) is 4.34. The highest BCUT2D eigenvalue weighted by molar-refractivity contribution is 9.10. The van der Waals surface area contributed by atoms with E-state index in [4.69, 9.17) is 13.8 Å². The zero-order valence-corrected chi connectivity index (χ0v) is 25.2. The number of benzene rings is 5. The van der Waals surface area contributed by atoms with Gasteiger partial charge in [0, 0.05) is 36.4 Å². The van der Waals surface area contributed by atoms with E-state index in [2.05, 4.69) is 111 Å². The Morgan fingerprint density at radius 2 is 1.05 bits per heavy atom. The minimum atomic E-state index is 0.0862. The number of rotatable bonds is 3. The molecule has 0 amide bonds. The summed E-state index contributed by atoms with van der Waals surface area (Å²) in [5, 5.41) is 12.9. The van der Waals surface area contributed by atoms with Crippen molar-refractivity contribution in [2.75, 3.05) is 0 Å². The molecule has 0 bridgehead atoms. The maximum Gasteiger partial charge on any atom is 0.248 e. The average Bonchev–Trinajstić information content (AvgIpc) is 3.62. The lowest BCUT2D eigenvalue weighted by atomic mass is 9.87. The molecular formula is C33H23Br2N3O2. The van der Waals surface area contributed by atoms with Crippen LogP contribution in [-0.2, 0) is 5.41 Å². The van der Waals surface area contributed by atoms with Crippen LogP contribution in [0.25, 0.3) is 67.0 Å². The van der Waals surface area contributed by atoms with E-state index in [1.54, 1.807) is 0 Å². The summed E-state index contributed by atoms with van der Waals surface area (Å²) in [5.41, 5.74) is 5.53. The summed E-state index contributed by atoms with van der Waals surface area (Å²) < 4.78 is 14.4. The molecule has 0 N–H and O–H groups in total. The van der Waals surface area contributed by atoms with E-state index in [0.29, 0.717) is 17.7 Å². The van der Waals surface area contributed by atoms with Gasteiger partial charge in [-0.2, -0.15) is 0 Å². The highest BCUT2D eigenvalue weighted by Gasteiger charge is 2.18. The van der Waals surface area contributed by atoms with E-state index in [-0.39, 0.29) is 5.41 Å². The summed E-state index contributed by atoms with van der Waals surface area (Å²) >= 11 is 7.23. The Hall–Kier alpha value is -3.81. The van der Waals surface area contributed by atoms with Crippen LogP contribution in [0, 0.1) is 0 Å². The topological polar surface area (TPSA) is 65.0 Å². The van der Waals surface area contributed by atoms with Gasteiger partial charge < -0.3 is 8.83 Å². The molecule has 5 nitrogen and oxygen atoms in total. The first-order chi connectivity index (χ1) is 19.2. The van der Waals surface area contributed by atoms with Crippen LogP contribution in [0.3, 0.4) is 0 Å². The Morgan fingerprint density at radius 1 is 0.550 bits per heavy atom. The Kier molecular flexibility index (Phi) is 5.91. The van der Waals surface area contributed by atoms with Crippen LogP contribution in [0.5, 0.6) is 0 Å². The number of hydrogen-bond donors (Lipinski definition) is 0. The van der Waals surface area contributed by atoms with Crippen molar-refractivity contribution in [1.29, 1.82) is 0 Å². The molecule has 2 heterocycles. The zero-order valence-electron chi connectivity index (χ0n) is 22.0. The van der Waals surface area contributed by atoms with E-state index in [0.717, 1.165) is 58.3 Å². The number of aromatic nitrogens is 3. The molecule has 0 saturated carbocycles. The lowest BCUT2D eigenvalue weighted by Gasteiger charge is -2.18. The van der Waals surface area contributed by atoms with Crippen molar-refractivity contribution >= 4 is 64.5 Å². The Morgan fingerprint density at radius 3 is 1.62 bits per heavy atom. The van der Waals surface area contributed by atoms with Crippen molar-refractivity contribution in [1.82, 2.24) is 15.2 Å². The maximum atomic E-state index is 6.41. The van der Waals surface area contributed by atoms with E-state index in [9.17, 15) is 0 Å². The van der Waals surface area contributed by atoms with Gasteiger partial charge in [-0.05, 0) is 82.4 Å². The molecule has 0 spiro atoms. The largest absolute Gasteiger partial charge is 0.435 e. The molecule has 0 fully saturated rings. The molecule has 2 aromatic heterocycles. The molecule has 0 aliphatic carbocycles. The minimum absolute atomic E-state index is 0.0862. The average molecular weight is 653 g/mol. The summed E-state index contributed by atoms with van der Waals surface area (Å²) in [6.07, 6.45) is 0. The van der Waals surface area contributed by atoms with Crippen molar-refractivity contribution in [3.63, 3.8) is 0 Å². The van der Waals surface area contributed by atoms with E-state index < -0.39 is 0 Å². The fourth-order valence-corrected chi connectivity index (χ4v) is 5.74. The van der Waals surface area contributed by atoms with Crippen LogP contribution in [0.1, 0.15) is 26.3 Å². The Bertz CT molecular complexity index is 1970. The maximum absolute atomic E-state index is 6.41. The third-order valence-corrected chi connectivity index (χ3v) is 8.17. The smallest absolute Gasteiger partial charge is 0.248 e. The predicted molar refractivity (Wildman–Crippen MR) is 167 cm³/mol. The number of oxazole rings is 1. The van der Waals surface area contributed by atoms with Gasteiger partial charge in [-0.25, -0.2) is 4.98 Å². The van der Waals surface area contributed by atoms with Gasteiger partial charge in [-0.15, -0.1) is 10.2 Å². The standard InChI is InChI=1S/C33H23Br2N3O2/c1-33(2,3)21-10-8-20(9-11-21)32-38-37-31(40-32)19-6-4-18(5-7-19)30-36-28-26-16-22(34)12-14-24(26)25-15-13-23(35)17-27(25)29(28)39-30/h4-17H,1-3H3. The monoisotopic (exact) mass is 651 g/mol. The highest BCUT2D eigenvalue weighted by atomic mass is 79.9. The molecule has 5 aromatic carbocycles. The van der Waals surface area contributed by atoms with Crippen molar-refractivity contribution in [2.24, 2.45) is 0 Å². The molecule has 0 unspecified atom stereocenters. The number of halogens is 2. The van der Waals surface area contributed by atoms with Crippen LogP contribution in [0.15, 0.2) is 103 Å². The van der Waals surface area contributed by atoms with Crippen LogP contribution >= 0.6 is 31.9 Å². The molecule has 0 saturated heterocycles.